The first-order valence-electron chi connectivity index (χ1n) is 6.70. The molecule has 1 aliphatic carbocycles. The van der Waals surface area contributed by atoms with Crippen LogP contribution in [0.15, 0.2) is 30.3 Å². The number of nitrogens with zero attached hydrogens (tertiary/aromatic N) is 1. The number of carbonyl (C=O) groups is 1. The molecule has 2 atom stereocenters. The number of carboxylic acid groups (broad SMARTS) is 1. The van der Waals surface area contributed by atoms with E-state index in [2.05, 4.69) is 17.0 Å². The van der Waals surface area contributed by atoms with Crippen LogP contribution < -0.4 is 0 Å². The third-order valence-corrected chi connectivity index (χ3v) is 4.62. The molecule has 3 heteroatoms. The molecule has 2 fully saturated rings. The SMILES string of the molecule is O=C(O)[C@]12CCCC1CN(Cc1ccccc1)C2. The van der Waals surface area contributed by atoms with Crippen LogP contribution in [-0.4, -0.2) is 29.1 Å². The number of aliphatic carboxylic acids is 1. The molecule has 0 aromatic heterocycles. The lowest BCUT2D eigenvalue weighted by atomic mass is 9.81. The maximum atomic E-state index is 11.6. The highest BCUT2D eigenvalue weighted by Crippen LogP contribution is 2.49. The molecule has 1 aromatic rings. The highest BCUT2D eigenvalue weighted by atomic mass is 16.4. The molecule has 1 aromatic carbocycles. The summed E-state index contributed by atoms with van der Waals surface area (Å²) in [5.74, 6) is -0.223. The van der Waals surface area contributed by atoms with Crippen LogP contribution >= 0.6 is 0 Å². The van der Waals surface area contributed by atoms with Crippen LogP contribution in [0.3, 0.4) is 0 Å². The predicted molar refractivity (Wildman–Crippen MR) is 69.1 cm³/mol. The fourth-order valence-electron chi connectivity index (χ4n) is 3.71. The lowest BCUT2D eigenvalue weighted by Crippen LogP contribution is -2.35. The summed E-state index contributed by atoms with van der Waals surface area (Å²) in [6.45, 7) is 2.55. The highest BCUT2D eigenvalue weighted by molar-refractivity contribution is 5.76. The van der Waals surface area contributed by atoms with E-state index < -0.39 is 11.4 Å². The van der Waals surface area contributed by atoms with Crippen LogP contribution in [-0.2, 0) is 11.3 Å². The van der Waals surface area contributed by atoms with Crippen LogP contribution in [0.1, 0.15) is 24.8 Å². The zero-order valence-corrected chi connectivity index (χ0v) is 10.5. The Bertz CT molecular complexity index is 445. The van der Waals surface area contributed by atoms with Crippen LogP contribution in [0.2, 0.25) is 0 Å². The number of carboxylic acids is 1. The van der Waals surface area contributed by atoms with E-state index in [0.29, 0.717) is 5.92 Å². The molecule has 1 aliphatic heterocycles. The van der Waals surface area contributed by atoms with Gasteiger partial charge in [-0.3, -0.25) is 9.69 Å². The minimum atomic E-state index is -0.583. The molecule has 1 heterocycles. The van der Waals surface area contributed by atoms with Gasteiger partial charge in [-0.1, -0.05) is 36.8 Å². The fourth-order valence-corrected chi connectivity index (χ4v) is 3.71. The van der Waals surface area contributed by atoms with E-state index in [1.165, 1.54) is 5.56 Å². The zero-order valence-electron chi connectivity index (χ0n) is 10.5. The summed E-state index contributed by atoms with van der Waals surface area (Å²) in [4.78, 5) is 13.9. The first-order chi connectivity index (χ1) is 8.71. The van der Waals surface area contributed by atoms with E-state index in [9.17, 15) is 9.90 Å². The van der Waals surface area contributed by atoms with Crippen LogP contribution in [0.5, 0.6) is 0 Å². The van der Waals surface area contributed by atoms with Crippen molar-refractivity contribution < 1.29 is 9.90 Å². The van der Waals surface area contributed by atoms with Crippen LogP contribution in [0, 0.1) is 11.3 Å². The Labute approximate surface area is 107 Å². The molecule has 18 heavy (non-hydrogen) atoms. The van der Waals surface area contributed by atoms with Gasteiger partial charge in [0.05, 0.1) is 5.41 Å². The van der Waals surface area contributed by atoms with Gasteiger partial charge in [0.25, 0.3) is 0 Å². The first-order valence-corrected chi connectivity index (χ1v) is 6.70. The van der Waals surface area contributed by atoms with Crippen molar-refractivity contribution >= 4 is 5.97 Å². The number of hydrogen-bond acceptors (Lipinski definition) is 2. The number of rotatable bonds is 3. The molecule has 1 saturated heterocycles. The Kier molecular flexibility index (Phi) is 2.86. The van der Waals surface area contributed by atoms with E-state index in [1.54, 1.807) is 0 Å². The van der Waals surface area contributed by atoms with Crippen molar-refractivity contribution in [2.45, 2.75) is 25.8 Å². The van der Waals surface area contributed by atoms with Gasteiger partial charge in [0, 0.05) is 19.6 Å². The van der Waals surface area contributed by atoms with Gasteiger partial charge < -0.3 is 5.11 Å². The van der Waals surface area contributed by atoms with E-state index in [4.69, 9.17) is 0 Å². The molecule has 2 aliphatic rings. The quantitative estimate of drug-likeness (QED) is 0.888. The van der Waals surface area contributed by atoms with Crippen molar-refractivity contribution in [2.24, 2.45) is 11.3 Å². The highest BCUT2D eigenvalue weighted by Gasteiger charge is 2.54. The molecule has 1 unspecified atom stereocenters. The Balaban J connectivity index is 1.73. The van der Waals surface area contributed by atoms with E-state index in [1.807, 2.05) is 18.2 Å². The molecular weight excluding hydrogens is 226 g/mol. The van der Waals surface area contributed by atoms with Gasteiger partial charge in [-0.15, -0.1) is 0 Å². The molecule has 0 bridgehead atoms. The average Bonchev–Trinajstić information content (AvgIpc) is 2.87. The first kappa shape index (κ1) is 11.7. The van der Waals surface area contributed by atoms with E-state index in [0.717, 1.165) is 38.9 Å². The van der Waals surface area contributed by atoms with Crippen LogP contribution in [0.4, 0.5) is 0 Å². The Hall–Kier alpha value is -1.35. The number of likely N-dealkylation sites (tertiary alicyclic amines) is 1. The van der Waals surface area contributed by atoms with Crippen molar-refractivity contribution in [2.75, 3.05) is 13.1 Å². The molecule has 0 spiro atoms. The summed E-state index contributed by atoms with van der Waals surface area (Å²) < 4.78 is 0. The summed E-state index contributed by atoms with van der Waals surface area (Å²) >= 11 is 0. The summed E-state index contributed by atoms with van der Waals surface area (Å²) in [7, 11) is 0. The Morgan fingerprint density at radius 3 is 2.83 bits per heavy atom. The van der Waals surface area contributed by atoms with Gasteiger partial charge in [-0.25, -0.2) is 0 Å². The Morgan fingerprint density at radius 2 is 2.17 bits per heavy atom. The lowest BCUT2D eigenvalue weighted by Gasteiger charge is -2.23. The molecular formula is C15H19NO2. The third-order valence-electron chi connectivity index (χ3n) is 4.62. The van der Waals surface area contributed by atoms with Crippen LogP contribution in [0.25, 0.3) is 0 Å². The summed E-state index contributed by atoms with van der Waals surface area (Å²) in [5.41, 5.74) is 0.826. The third kappa shape index (κ3) is 1.83. The Morgan fingerprint density at radius 1 is 1.39 bits per heavy atom. The largest absolute Gasteiger partial charge is 0.481 e. The van der Waals surface area contributed by atoms with Gasteiger partial charge in [0.15, 0.2) is 0 Å². The zero-order chi connectivity index (χ0) is 12.6. The number of hydrogen-bond donors (Lipinski definition) is 1. The lowest BCUT2D eigenvalue weighted by molar-refractivity contribution is -0.149. The molecule has 0 radical (unpaired) electrons. The maximum absolute atomic E-state index is 11.6. The maximum Gasteiger partial charge on any atom is 0.311 e. The minimum absolute atomic E-state index is 0.360. The standard InChI is InChI=1S/C15H19NO2/c17-14(18)15-8-4-7-13(15)10-16(11-15)9-12-5-2-1-3-6-12/h1-3,5-6,13H,4,7-11H2,(H,17,18)/t13?,15-/m0/s1. The molecule has 0 amide bonds. The smallest absolute Gasteiger partial charge is 0.311 e. The number of benzene rings is 1. The second kappa shape index (κ2) is 4.39. The van der Waals surface area contributed by atoms with Gasteiger partial charge in [-0.2, -0.15) is 0 Å². The van der Waals surface area contributed by atoms with Crippen molar-refractivity contribution in [3.05, 3.63) is 35.9 Å². The summed E-state index contributed by atoms with van der Waals surface area (Å²) in [5, 5.41) is 9.53. The molecule has 3 nitrogen and oxygen atoms in total. The minimum Gasteiger partial charge on any atom is -0.481 e. The van der Waals surface area contributed by atoms with E-state index >= 15 is 0 Å². The predicted octanol–water partition coefficient (Wildman–Crippen LogP) is 2.37. The monoisotopic (exact) mass is 245 g/mol. The fraction of sp³-hybridized carbons (Fsp3) is 0.533. The van der Waals surface area contributed by atoms with Gasteiger partial charge in [0.1, 0.15) is 0 Å². The summed E-state index contributed by atoms with van der Waals surface area (Å²) in [6.07, 6.45) is 3.02. The van der Waals surface area contributed by atoms with Gasteiger partial charge >= 0.3 is 5.97 Å². The molecule has 1 saturated carbocycles. The summed E-state index contributed by atoms with van der Waals surface area (Å²) in [6, 6.07) is 10.3. The second-order valence-corrected chi connectivity index (χ2v) is 5.71. The van der Waals surface area contributed by atoms with Gasteiger partial charge in [0.2, 0.25) is 0 Å². The average molecular weight is 245 g/mol. The molecule has 3 rings (SSSR count). The van der Waals surface area contributed by atoms with Crippen molar-refractivity contribution in [3.8, 4) is 0 Å². The topological polar surface area (TPSA) is 40.5 Å². The van der Waals surface area contributed by atoms with Crippen molar-refractivity contribution in [1.82, 2.24) is 4.90 Å². The van der Waals surface area contributed by atoms with Gasteiger partial charge in [-0.05, 0) is 24.3 Å². The normalized spacial score (nSPS) is 31.4. The van der Waals surface area contributed by atoms with E-state index in [-0.39, 0.29) is 0 Å². The molecule has 1 N–H and O–H groups in total. The van der Waals surface area contributed by atoms with Crippen molar-refractivity contribution in [3.63, 3.8) is 0 Å². The number of fused-ring (bicyclic) bond motifs is 1. The van der Waals surface area contributed by atoms with Crippen molar-refractivity contribution in [1.29, 1.82) is 0 Å². The molecule has 96 valence electrons. The second-order valence-electron chi connectivity index (χ2n) is 5.71.